The normalized spacial score (nSPS) is 9.17. The molecule has 0 aliphatic carbocycles. The van der Waals surface area contributed by atoms with Crippen molar-refractivity contribution >= 4 is 5.97 Å². The average molecular weight is 191 g/mol. The van der Waals surface area contributed by atoms with Crippen molar-refractivity contribution < 1.29 is 61.3 Å². The standard InChI is InChI=1S/C8H11NO2.K/c1-5-3-6(2)9-7(5)4-8(10)11;/h3,9H,4H2,1-2H3,(H,10,11);/q;+1/p-1. The first kappa shape index (κ1) is 12.4. The monoisotopic (exact) mass is 191 g/mol. The number of aromatic amines is 1. The van der Waals surface area contributed by atoms with E-state index in [2.05, 4.69) is 4.98 Å². The van der Waals surface area contributed by atoms with Crippen LogP contribution in [-0.4, -0.2) is 11.0 Å². The molecule has 0 radical (unpaired) electrons. The molecule has 0 bridgehead atoms. The van der Waals surface area contributed by atoms with E-state index in [9.17, 15) is 9.90 Å². The van der Waals surface area contributed by atoms with Crippen LogP contribution in [0.1, 0.15) is 17.0 Å². The van der Waals surface area contributed by atoms with Crippen LogP contribution in [0.25, 0.3) is 0 Å². The van der Waals surface area contributed by atoms with E-state index in [1.165, 1.54) is 0 Å². The fourth-order valence-corrected chi connectivity index (χ4v) is 1.11. The van der Waals surface area contributed by atoms with Crippen LogP contribution in [0, 0.1) is 13.8 Å². The van der Waals surface area contributed by atoms with Crippen LogP contribution in [0.4, 0.5) is 0 Å². The van der Waals surface area contributed by atoms with Gasteiger partial charge in [0.05, 0.1) is 0 Å². The summed E-state index contributed by atoms with van der Waals surface area (Å²) in [5.41, 5.74) is 2.70. The molecule has 0 aromatic carbocycles. The molecule has 3 nitrogen and oxygen atoms in total. The molecule has 0 saturated carbocycles. The first-order chi connectivity index (χ1) is 5.09. The summed E-state index contributed by atoms with van der Waals surface area (Å²) in [6.45, 7) is 3.77. The number of H-pyrrole nitrogens is 1. The van der Waals surface area contributed by atoms with E-state index >= 15 is 0 Å². The molecular weight excluding hydrogens is 181 g/mol. The van der Waals surface area contributed by atoms with E-state index in [1.807, 2.05) is 19.9 Å². The molecule has 1 heterocycles. The van der Waals surface area contributed by atoms with Gasteiger partial charge < -0.3 is 14.9 Å². The van der Waals surface area contributed by atoms with Crippen LogP contribution in [-0.2, 0) is 11.2 Å². The van der Waals surface area contributed by atoms with Gasteiger partial charge in [-0.3, -0.25) is 0 Å². The fourth-order valence-electron chi connectivity index (χ4n) is 1.11. The Hall–Kier alpha value is 0.386. The number of carbonyl (C=O) groups is 1. The maximum Gasteiger partial charge on any atom is 1.00 e. The van der Waals surface area contributed by atoms with Gasteiger partial charge in [-0.2, -0.15) is 0 Å². The fraction of sp³-hybridized carbons (Fsp3) is 0.375. The van der Waals surface area contributed by atoms with Gasteiger partial charge in [-0.1, -0.05) is 0 Å². The summed E-state index contributed by atoms with van der Waals surface area (Å²) in [5.74, 6) is -1.05. The summed E-state index contributed by atoms with van der Waals surface area (Å²) >= 11 is 0. The van der Waals surface area contributed by atoms with Gasteiger partial charge in [0.15, 0.2) is 0 Å². The quantitative estimate of drug-likeness (QED) is 0.504. The molecule has 0 fully saturated rings. The Morgan fingerprint density at radius 1 is 1.58 bits per heavy atom. The second kappa shape index (κ2) is 5.19. The third-order valence-electron chi connectivity index (χ3n) is 1.58. The number of carboxylic acids is 1. The van der Waals surface area contributed by atoms with Crippen molar-refractivity contribution in [2.24, 2.45) is 0 Å². The van der Waals surface area contributed by atoms with E-state index < -0.39 is 5.97 Å². The van der Waals surface area contributed by atoms with E-state index in [4.69, 9.17) is 0 Å². The number of aryl methyl sites for hydroxylation is 2. The molecule has 0 unspecified atom stereocenters. The first-order valence-electron chi connectivity index (χ1n) is 3.44. The SMILES string of the molecule is Cc1cc(C)c(CC(=O)[O-])[nH]1.[K+]. The zero-order chi connectivity index (χ0) is 8.43. The predicted octanol–water partition coefficient (Wildman–Crippen LogP) is -3.07. The molecule has 0 spiro atoms. The number of hydrogen-bond acceptors (Lipinski definition) is 2. The number of aromatic nitrogens is 1. The number of nitrogens with one attached hydrogen (secondary N) is 1. The summed E-state index contributed by atoms with van der Waals surface area (Å²) in [6.07, 6.45) is -0.0281. The summed E-state index contributed by atoms with van der Waals surface area (Å²) < 4.78 is 0. The Morgan fingerprint density at radius 2 is 2.17 bits per heavy atom. The minimum atomic E-state index is -1.05. The van der Waals surface area contributed by atoms with Gasteiger partial charge in [0, 0.05) is 23.8 Å². The Labute approximate surface area is 114 Å². The number of carboxylic acid groups (broad SMARTS) is 1. The van der Waals surface area contributed by atoms with Gasteiger partial charge in [0.25, 0.3) is 0 Å². The van der Waals surface area contributed by atoms with E-state index in [0.29, 0.717) is 0 Å². The van der Waals surface area contributed by atoms with E-state index in [0.717, 1.165) is 17.0 Å². The number of carbonyl (C=O) groups excluding carboxylic acids is 1. The van der Waals surface area contributed by atoms with Gasteiger partial charge in [-0.05, 0) is 25.5 Å². The molecule has 12 heavy (non-hydrogen) atoms. The molecule has 60 valence electrons. The molecule has 0 aliphatic rings. The minimum absolute atomic E-state index is 0. The molecule has 1 aromatic rings. The van der Waals surface area contributed by atoms with Crippen molar-refractivity contribution in [3.63, 3.8) is 0 Å². The minimum Gasteiger partial charge on any atom is -0.550 e. The smallest absolute Gasteiger partial charge is 0.550 e. The second-order valence-corrected chi connectivity index (χ2v) is 2.66. The van der Waals surface area contributed by atoms with Crippen molar-refractivity contribution in [2.45, 2.75) is 20.3 Å². The van der Waals surface area contributed by atoms with Gasteiger partial charge >= 0.3 is 51.4 Å². The maximum absolute atomic E-state index is 10.2. The largest absolute Gasteiger partial charge is 1.00 e. The maximum atomic E-state index is 10.2. The van der Waals surface area contributed by atoms with Crippen molar-refractivity contribution in [3.8, 4) is 0 Å². The molecule has 1 aromatic heterocycles. The summed E-state index contributed by atoms with van der Waals surface area (Å²) in [6, 6.07) is 1.91. The summed E-state index contributed by atoms with van der Waals surface area (Å²) in [5, 5.41) is 10.2. The van der Waals surface area contributed by atoms with Crippen LogP contribution >= 0.6 is 0 Å². The molecule has 0 aliphatic heterocycles. The Kier molecular flexibility index (Phi) is 5.36. The first-order valence-corrected chi connectivity index (χ1v) is 3.44. The molecule has 1 N–H and O–H groups in total. The van der Waals surface area contributed by atoms with Crippen LogP contribution in [0.2, 0.25) is 0 Å². The zero-order valence-electron chi connectivity index (χ0n) is 7.60. The van der Waals surface area contributed by atoms with Gasteiger partial charge in [-0.15, -0.1) is 0 Å². The van der Waals surface area contributed by atoms with Crippen LogP contribution < -0.4 is 56.5 Å². The van der Waals surface area contributed by atoms with Gasteiger partial charge in [0.1, 0.15) is 0 Å². The molecular formula is C8H10KNO2. The second-order valence-electron chi connectivity index (χ2n) is 2.66. The van der Waals surface area contributed by atoms with Crippen molar-refractivity contribution in [1.82, 2.24) is 4.98 Å². The van der Waals surface area contributed by atoms with Gasteiger partial charge in [0.2, 0.25) is 0 Å². The predicted molar refractivity (Wildman–Crippen MR) is 39.0 cm³/mol. The molecule has 0 amide bonds. The van der Waals surface area contributed by atoms with Crippen molar-refractivity contribution in [2.75, 3.05) is 0 Å². The average Bonchev–Trinajstić information content (AvgIpc) is 2.09. The van der Waals surface area contributed by atoms with Crippen LogP contribution in [0.5, 0.6) is 0 Å². The number of hydrogen-bond donors (Lipinski definition) is 1. The van der Waals surface area contributed by atoms with Crippen LogP contribution in [0.3, 0.4) is 0 Å². The van der Waals surface area contributed by atoms with Gasteiger partial charge in [-0.25, -0.2) is 0 Å². The number of rotatable bonds is 2. The molecule has 4 heteroatoms. The third kappa shape index (κ3) is 3.41. The summed E-state index contributed by atoms with van der Waals surface area (Å²) in [4.78, 5) is 13.2. The molecule has 1 rings (SSSR count). The Bertz CT molecular complexity index is 281. The zero-order valence-corrected chi connectivity index (χ0v) is 10.7. The van der Waals surface area contributed by atoms with E-state index in [-0.39, 0.29) is 57.8 Å². The Balaban J connectivity index is 0.00000121. The van der Waals surface area contributed by atoms with Crippen LogP contribution in [0.15, 0.2) is 6.07 Å². The number of aliphatic carboxylic acids is 1. The van der Waals surface area contributed by atoms with Crippen molar-refractivity contribution in [3.05, 3.63) is 23.0 Å². The van der Waals surface area contributed by atoms with Crippen molar-refractivity contribution in [1.29, 1.82) is 0 Å². The third-order valence-corrected chi connectivity index (χ3v) is 1.58. The Morgan fingerprint density at radius 3 is 2.50 bits per heavy atom. The molecule has 0 atom stereocenters. The van der Waals surface area contributed by atoms with E-state index in [1.54, 1.807) is 0 Å². The topological polar surface area (TPSA) is 55.9 Å². The summed E-state index contributed by atoms with van der Waals surface area (Å²) in [7, 11) is 0. The molecule has 0 saturated heterocycles.